The number of nitrogens with zero attached hydrogens (tertiary/aromatic N) is 1. The molecule has 0 saturated carbocycles. The van der Waals surface area contributed by atoms with Crippen LogP contribution < -0.4 is 24.3 Å². The Morgan fingerprint density at radius 3 is 2.38 bits per heavy atom. The molecule has 208 valence electrons. The molecule has 1 amide bonds. The fraction of sp³-hybridized carbons (Fsp3) is 0.258. The van der Waals surface area contributed by atoms with Crippen LogP contribution in [0.25, 0.3) is 17.2 Å². The number of carbonyl (C=O) groups excluding carboxylic acids is 1. The predicted molar refractivity (Wildman–Crippen MR) is 151 cm³/mol. The van der Waals surface area contributed by atoms with E-state index in [2.05, 4.69) is 10.3 Å². The van der Waals surface area contributed by atoms with Crippen molar-refractivity contribution in [3.05, 3.63) is 82.7 Å². The highest BCUT2D eigenvalue weighted by Crippen LogP contribution is 2.46. The molecular weight excluding hydrogens is 512 g/mol. The maximum Gasteiger partial charge on any atom is 0.306 e. The molecule has 4 rings (SSSR count). The van der Waals surface area contributed by atoms with Crippen molar-refractivity contribution in [2.45, 2.75) is 26.3 Å². The summed E-state index contributed by atoms with van der Waals surface area (Å²) in [5, 5.41) is 11.9. The third-order valence-electron chi connectivity index (χ3n) is 6.60. The molecule has 0 spiro atoms. The Morgan fingerprint density at radius 2 is 1.75 bits per heavy atom. The zero-order valence-corrected chi connectivity index (χ0v) is 22.9. The summed E-state index contributed by atoms with van der Waals surface area (Å²) in [4.78, 5) is 28.0. The number of methoxy groups -OCH3 is 3. The van der Waals surface area contributed by atoms with Gasteiger partial charge in [0, 0.05) is 18.9 Å². The Hall–Kier alpha value is -4.79. The van der Waals surface area contributed by atoms with Gasteiger partial charge in [0.25, 0.3) is 0 Å². The van der Waals surface area contributed by atoms with Crippen molar-refractivity contribution >= 4 is 29.1 Å². The molecule has 1 aliphatic carbocycles. The second-order valence-electron chi connectivity index (χ2n) is 9.13. The highest BCUT2D eigenvalue weighted by Gasteiger charge is 2.26. The summed E-state index contributed by atoms with van der Waals surface area (Å²) in [5.41, 5.74) is 6.47. The van der Waals surface area contributed by atoms with Crippen LogP contribution in [-0.4, -0.2) is 49.9 Å². The number of hydrogen-bond acceptors (Lipinski definition) is 7. The van der Waals surface area contributed by atoms with E-state index >= 15 is 0 Å². The fourth-order valence-corrected chi connectivity index (χ4v) is 4.57. The third-order valence-corrected chi connectivity index (χ3v) is 6.60. The maximum absolute atomic E-state index is 13.0. The van der Waals surface area contributed by atoms with Gasteiger partial charge in [-0.2, -0.15) is 0 Å². The number of benzene rings is 2. The monoisotopic (exact) mass is 544 g/mol. The minimum atomic E-state index is -0.959. The second-order valence-corrected chi connectivity index (χ2v) is 9.13. The van der Waals surface area contributed by atoms with Crippen molar-refractivity contribution < 1.29 is 33.6 Å². The lowest BCUT2D eigenvalue weighted by atomic mass is 10.00. The highest BCUT2D eigenvalue weighted by molar-refractivity contribution is 6.08. The minimum Gasteiger partial charge on any atom is -0.497 e. The van der Waals surface area contributed by atoms with Gasteiger partial charge in [0.2, 0.25) is 11.7 Å². The van der Waals surface area contributed by atoms with Gasteiger partial charge in [-0.05, 0) is 82.3 Å². The third kappa shape index (κ3) is 6.43. The Balaban J connectivity index is 1.68. The van der Waals surface area contributed by atoms with E-state index in [1.54, 1.807) is 31.6 Å². The molecule has 1 aromatic heterocycles. The number of aromatic nitrogens is 1. The van der Waals surface area contributed by atoms with Gasteiger partial charge >= 0.3 is 5.97 Å². The molecule has 0 aliphatic heterocycles. The van der Waals surface area contributed by atoms with Crippen molar-refractivity contribution in [2.75, 3.05) is 27.9 Å². The van der Waals surface area contributed by atoms with E-state index in [-0.39, 0.29) is 25.4 Å². The maximum atomic E-state index is 13.0. The predicted octanol–water partition coefficient (Wildman–Crippen LogP) is 5.00. The van der Waals surface area contributed by atoms with Crippen LogP contribution in [0.4, 0.5) is 0 Å². The minimum absolute atomic E-state index is 0.0221. The Labute approximate surface area is 233 Å². The van der Waals surface area contributed by atoms with E-state index in [1.807, 2.05) is 43.3 Å². The van der Waals surface area contributed by atoms with Crippen molar-refractivity contribution in [3.8, 4) is 23.0 Å². The van der Waals surface area contributed by atoms with E-state index in [9.17, 15) is 9.59 Å². The van der Waals surface area contributed by atoms with Gasteiger partial charge in [-0.25, -0.2) is 0 Å². The summed E-state index contributed by atoms with van der Waals surface area (Å²) in [6.45, 7) is 2.37. The molecule has 2 N–H and O–H groups in total. The summed E-state index contributed by atoms with van der Waals surface area (Å²) >= 11 is 0. The van der Waals surface area contributed by atoms with Gasteiger partial charge < -0.3 is 29.4 Å². The first-order valence-electron chi connectivity index (χ1n) is 12.7. The number of fused-ring (bicyclic) bond motifs is 1. The summed E-state index contributed by atoms with van der Waals surface area (Å²) in [6.07, 6.45) is 5.48. The molecule has 0 unspecified atom stereocenters. The fourth-order valence-electron chi connectivity index (χ4n) is 4.57. The number of rotatable bonds is 12. The number of allylic oxidation sites excluding steroid dienone is 2. The number of nitrogens with one attached hydrogen (secondary N) is 1. The molecule has 9 heteroatoms. The van der Waals surface area contributed by atoms with E-state index in [1.165, 1.54) is 14.2 Å². The van der Waals surface area contributed by atoms with Gasteiger partial charge in [-0.15, -0.1) is 0 Å². The summed E-state index contributed by atoms with van der Waals surface area (Å²) in [7, 11) is 4.64. The molecule has 1 aliphatic rings. The van der Waals surface area contributed by atoms with E-state index in [4.69, 9.17) is 24.1 Å². The molecule has 0 bridgehead atoms. The van der Waals surface area contributed by atoms with Crippen LogP contribution in [0.1, 0.15) is 42.0 Å². The Morgan fingerprint density at radius 1 is 1.00 bits per heavy atom. The van der Waals surface area contributed by atoms with Gasteiger partial charge in [0.1, 0.15) is 5.75 Å². The number of carboxylic acids is 1. The highest BCUT2D eigenvalue weighted by atomic mass is 16.5. The molecule has 1 heterocycles. The topological polar surface area (TPSA) is 116 Å². The molecule has 40 heavy (non-hydrogen) atoms. The van der Waals surface area contributed by atoms with Crippen LogP contribution in [0.3, 0.4) is 0 Å². The van der Waals surface area contributed by atoms with E-state index in [0.29, 0.717) is 29.5 Å². The molecular formula is C31H32N2O7. The van der Waals surface area contributed by atoms with Crippen molar-refractivity contribution in [1.29, 1.82) is 0 Å². The number of carbonyl (C=O) groups is 2. The zero-order valence-electron chi connectivity index (χ0n) is 22.9. The Bertz CT molecular complexity index is 1440. The number of carboxylic acid groups (broad SMARTS) is 1. The van der Waals surface area contributed by atoms with E-state index < -0.39 is 5.97 Å². The first-order chi connectivity index (χ1) is 19.3. The number of hydrogen-bond donors (Lipinski definition) is 2. The molecule has 0 radical (unpaired) electrons. The standard InChI is InChI=1S/C31H32N2O7/c1-19-24(12-21-13-27(38-3)31(28(14-21)39-4)40-11-9-30(35)36)23-8-7-22(37-2)15-26(23)25(19)16-29(34)33-18-20-6-5-10-32-17-20/h5-8,10,12-15,17H,9,11,16,18H2,1-4H3,(H,33,34)(H,35,36). The molecule has 0 saturated heterocycles. The van der Waals surface area contributed by atoms with Crippen molar-refractivity contribution in [2.24, 2.45) is 0 Å². The zero-order chi connectivity index (χ0) is 28.6. The molecule has 0 fully saturated rings. The van der Waals surface area contributed by atoms with Crippen LogP contribution in [0, 0.1) is 0 Å². The van der Waals surface area contributed by atoms with Crippen LogP contribution >= 0.6 is 0 Å². The first-order valence-corrected chi connectivity index (χ1v) is 12.7. The number of ether oxygens (including phenoxy) is 4. The van der Waals surface area contributed by atoms with E-state index in [0.717, 1.165) is 39.0 Å². The summed E-state index contributed by atoms with van der Waals surface area (Å²) in [6, 6.07) is 13.2. The van der Waals surface area contributed by atoms with Crippen LogP contribution in [-0.2, 0) is 16.1 Å². The van der Waals surface area contributed by atoms with Crippen LogP contribution in [0.5, 0.6) is 23.0 Å². The largest absolute Gasteiger partial charge is 0.497 e. The average molecular weight is 545 g/mol. The molecule has 0 atom stereocenters. The quantitative estimate of drug-likeness (QED) is 0.328. The first kappa shape index (κ1) is 28.2. The van der Waals surface area contributed by atoms with Crippen molar-refractivity contribution in [3.63, 3.8) is 0 Å². The van der Waals surface area contributed by atoms with Crippen molar-refractivity contribution in [1.82, 2.24) is 10.3 Å². The number of aliphatic carboxylic acids is 1. The lowest BCUT2D eigenvalue weighted by Gasteiger charge is -2.15. The normalized spacial score (nSPS) is 13.2. The summed E-state index contributed by atoms with van der Waals surface area (Å²) in [5.74, 6) is 0.817. The number of amides is 1. The van der Waals surface area contributed by atoms with Gasteiger partial charge in [0.05, 0.1) is 40.8 Å². The molecule has 9 nitrogen and oxygen atoms in total. The van der Waals surface area contributed by atoms with Crippen LogP contribution in [0.15, 0.2) is 60.4 Å². The molecule has 2 aromatic carbocycles. The van der Waals surface area contributed by atoms with Crippen LogP contribution in [0.2, 0.25) is 0 Å². The van der Waals surface area contributed by atoms with Gasteiger partial charge in [-0.3, -0.25) is 14.6 Å². The smallest absolute Gasteiger partial charge is 0.306 e. The average Bonchev–Trinajstić information content (AvgIpc) is 3.21. The lowest BCUT2D eigenvalue weighted by Crippen LogP contribution is -2.22. The second kappa shape index (κ2) is 12.8. The summed E-state index contributed by atoms with van der Waals surface area (Å²) < 4.78 is 22.2. The number of pyridine rings is 1. The van der Waals surface area contributed by atoms with Gasteiger partial charge in [-0.1, -0.05) is 12.1 Å². The Kier molecular flexibility index (Phi) is 9.06. The van der Waals surface area contributed by atoms with Gasteiger partial charge in [0.15, 0.2) is 11.5 Å². The lowest BCUT2D eigenvalue weighted by molar-refractivity contribution is -0.137. The SMILES string of the molecule is COc1ccc2c(c1)C(CC(=O)NCc1cccnc1)=C(C)C2=Cc1cc(OC)c(OCCC(=O)O)c(OC)c1. The molecule has 3 aromatic rings.